The minimum atomic E-state index is 0.894. The SMILES string of the molecule is CC[C@@H]1CCCN(C2CCNCC2)C1. The fourth-order valence-corrected chi connectivity index (χ4v) is 2.93. The van der Waals surface area contributed by atoms with Gasteiger partial charge in [-0.3, -0.25) is 0 Å². The van der Waals surface area contributed by atoms with Gasteiger partial charge in [-0.1, -0.05) is 13.3 Å². The van der Waals surface area contributed by atoms with Crippen LogP contribution in [0.3, 0.4) is 0 Å². The highest BCUT2D eigenvalue weighted by atomic mass is 15.2. The molecule has 2 rings (SSSR count). The van der Waals surface area contributed by atoms with Crippen LogP contribution in [0.15, 0.2) is 0 Å². The molecule has 2 fully saturated rings. The van der Waals surface area contributed by atoms with Crippen LogP contribution < -0.4 is 5.32 Å². The normalized spacial score (nSPS) is 31.9. The fourth-order valence-electron chi connectivity index (χ4n) is 2.93. The number of hydrogen-bond acceptors (Lipinski definition) is 2. The summed E-state index contributed by atoms with van der Waals surface area (Å²) in [5.41, 5.74) is 0. The Labute approximate surface area is 88.1 Å². The highest BCUT2D eigenvalue weighted by molar-refractivity contribution is 4.82. The summed E-state index contributed by atoms with van der Waals surface area (Å²) in [6.45, 7) is 7.55. The van der Waals surface area contributed by atoms with Crippen LogP contribution in [0.5, 0.6) is 0 Å². The molecule has 0 radical (unpaired) electrons. The summed E-state index contributed by atoms with van der Waals surface area (Å²) in [5, 5.41) is 3.45. The number of hydrogen-bond donors (Lipinski definition) is 1. The predicted molar refractivity (Wildman–Crippen MR) is 60.5 cm³/mol. The molecule has 0 aliphatic carbocycles. The molecule has 0 bridgehead atoms. The molecule has 2 heterocycles. The lowest BCUT2D eigenvalue weighted by Gasteiger charge is -2.40. The molecule has 14 heavy (non-hydrogen) atoms. The number of rotatable bonds is 2. The summed E-state index contributed by atoms with van der Waals surface area (Å²) < 4.78 is 0. The average molecular weight is 196 g/mol. The molecule has 2 aliphatic heterocycles. The lowest BCUT2D eigenvalue weighted by Crippen LogP contribution is -2.47. The minimum Gasteiger partial charge on any atom is -0.317 e. The van der Waals surface area contributed by atoms with Crippen molar-refractivity contribution >= 4 is 0 Å². The van der Waals surface area contributed by atoms with Gasteiger partial charge < -0.3 is 10.2 Å². The molecule has 2 saturated heterocycles. The number of nitrogens with zero attached hydrogens (tertiary/aromatic N) is 1. The molecule has 1 N–H and O–H groups in total. The average Bonchev–Trinajstić information content (AvgIpc) is 2.30. The fraction of sp³-hybridized carbons (Fsp3) is 1.00. The Bertz CT molecular complexity index is 164. The molecule has 2 nitrogen and oxygen atoms in total. The maximum Gasteiger partial charge on any atom is 0.0119 e. The van der Waals surface area contributed by atoms with Crippen LogP contribution in [0.4, 0.5) is 0 Å². The van der Waals surface area contributed by atoms with Gasteiger partial charge in [-0.2, -0.15) is 0 Å². The van der Waals surface area contributed by atoms with Crippen LogP contribution in [-0.4, -0.2) is 37.1 Å². The first-order valence-electron chi connectivity index (χ1n) is 6.35. The Kier molecular flexibility index (Phi) is 3.82. The topological polar surface area (TPSA) is 15.3 Å². The first-order chi connectivity index (χ1) is 6.90. The van der Waals surface area contributed by atoms with Gasteiger partial charge in [-0.25, -0.2) is 0 Å². The van der Waals surface area contributed by atoms with E-state index in [4.69, 9.17) is 0 Å². The molecule has 0 aromatic rings. The molecule has 0 aromatic carbocycles. The Morgan fingerprint density at radius 1 is 1.21 bits per heavy atom. The maximum absolute atomic E-state index is 3.45. The molecular weight excluding hydrogens is 172 g/mol. The second kappa shape index (κ2) is 5.13. The first kappa shape index (κ1) is 10.4. The maximum atomic E-state index is 3.45. The van der Waals surface area contributed by atoms with Crippen molar-refractivity contribution in [3.05, 3.63) is 0 Å². The molecular formula is C12H24N2. The van der Waals surface area contributed by atoms with E-state index in [9.17, 15) is 0 Å². The minimum absolute atomic E-state index is 0.894. The zero-order chi connectivity index (χ0) is 9.80. The van der Waals surface area contributed by atoms with E-state index in [-0.39, 0.29) is 0 Å². The van der Waals surface area contributed by atoms with Crippen LogP contribution in [-0.2, 0) is 0 Å². The lowest BCUT2D eigenvalue weighted by atomic mass is 9.92. The van der Waals surface area contributed by atoms with Crippen LogP contribution >= 0.6 is 0 Å². The van der Waals surface area contributed by atoms with E-state index in [0.717, 1.165) is 12.0 Å². The van der Waals surface area contributed by atoms with E-state index >= 15 is 0 Å². The van der Waals surface area contributed by atoms with Gasteiger partial charge in [-0.15, -0.1) is 0 Å². The molecule has 2 aliphatic rings. The Morgan fingerprint density at radius 2 is 2.00 bits per heavy atom. The first-order valence-corrected chi connectivity index (χ1v) is 6.35. The third-order valence-electron chi connectivity index (χ3n) is 3.95. The van der Waals surface area contributed by atoms with Crippen molar-refractivity contribution < 1.29 is 0 Å². The third kappa shape index (κ3) is 2.48. The Morgan fingerprint density at radius 3 is 2.71 bits per heavy atom. The van der Waals surface area contributed by atoms with E-state index in [1.54, 1.807) is 0 Å². The van der Waals surface area contributed by atoms with Gasteiger partial charge in [0.25, 0.3) is 0 Å². The third-order valence-corrected chi connectivity index (χ3v) is 3.95. The largest absolute Gasteiger partial charge is 0.317 e. The van der Waals surface area contributed by atoms with Crippen LogP contribution in [0.2, 0.25) is 0 Å². The van der Waals surface area contributed by atoms with Crippen LogP contribution in [0.1, 0.15) is 39.0 Å². The summed E-state index contributed by atoms with van der Waals surface area (Å²) in [4.78, 5) is 2.76. The van der Waals surface area contributed by atoms with Gasteiger partial charge in [-0.05, 0) is 51.2 Å². The molecule has 82 valence electrons. The van der Waals surface area contributed by atoms with Gasteiger partial charge >= 0.3 is 0 Å². The van der Waals surface area contributed by atoms with Gasteiger partial charge in [0.2, 0.25) is 0 Å². The van der Waals surface area contributed by atoms with Gasteiger partial charge in [0, 0.05) is 12.6 Å². The summed E-state index contributed by atoms with van der Waals surface area (Å²) in [7, 11) is 0. The van der Waals surface area contributed by atoms with Crippen molar-refractivity contribution in [1.82, 2.24) is 10.2 Å². The quantitative estimate of drug-likeness (QED) is 0.725. The predicted octanol–water partition coefficient (Wildman–Crippen LogP) is 1.86. The molecule has 0 amide bonds. The molecule has 0 aromatic heterocycles. The summed E-state index contributed by atoms with van der Waals surface area (Å²) in [6.07, 6.45) is 7.02. The second-order valence-electron chi connectivity index (χ2n) is 4.89. The molecule has 2 heteroatoms. The summed E-state index contributed by atoms with van der Waals surface area (Å²) >= 11 is 0. The van der Waals surface area contributed by atoms with Gasteiger partial charge in [0.15, 0.2) is 0 Å². The smallest absolute Gasteiger partial charge is 0.0119 e. The van der Waals surface area contributed by atoms with E-state index in [2.05, 4.69) is 17.1 Å². The number of likely N-dealkylation sites (tertiary alicyclic amines) is 1. The van der Waals surface area contributed by atoms with Crippen molar-refractivity contribution in [3.8, 4) is 0 Å². The monoisotopic (exact) mass is 196 g/mol. The van der Waals surface area contributed by atoms with E-state index in [1.165, 1.54) is 58.3 Å². The molecule has 0 spiro atoms. The standard InChI is InChI=1S/C12H24N2/c1-2-11-4-3-9-14(10-11)12-5-7-13-8-6-12/h11-13H,2-10H2,1H3/t11-/m1/s1. The molecule has 1 atom stereocenters. The highest BCUT2D eigenvalue weighted by Crippen LogP contribution is 2.23. The van der Waals surface area contributed by atoms with Gasteiger partial charge in [0.1, 0.15) is 0 Å². The van der Waals surface area contributed by atoms with Gasteiger partial charge in [0.05, 0.1) is 0 Å². The molecule has 0 unspecified atom stereocenters. The van der Waals surface area contributed by atoms with Crippen molar-refractivity contribution in [2.24, 2.45) is 5.92 Å². The Balaban J connectivity index is 1.83. The number of nitrogens with one attached hydrogen (secondary N) is 1. The zero-order valence-corrected chi connectivity index (χ0v) is 9.47. The highest BCUT2D eigenvalue weighted by Gasteiger charge is 2.25. The molecule has 0 saturated carbocycles. The zero-order valence-electron chi connectivity index (χ0n) is 9.47. The van der Waals surface area contributed by atoms with Crippen LogP contribution in [0, 0.1) is 5.92 Å². The van der Waals surface area contributed by atoms with E-state index < -0.39 is 0 Å². The van der Waals surface area contributed by atoms with E-state index in [1.807, 2.05) is 0 Å². The van der Waals surface area contributed by atoms with Crippen molar-refractivity contribution in [3.63, 3.8) is 0 Å². The van der Waals surface area contributed by atoms with Crippen molar-refractivity contribution in [2.45, 2.75) is 45.1 Å². The van der Waals surface area contributed by atoms with Crippen molar-refractivity contribution in [2.75, 3.05) is 26.2 Å². The van der Waals surface area contributed by atoms with E-state index in [0.29, 0.717) is 0 Å². The summed E-state index contributed by atoms with van der Waals surface area (Å²) in [5.74, 6) is 0.985. The second-order valence-corrected chi connectivity index (χ2v) is 4.89. The summed E-state index contributed by atoms with van der Waals surface area (Å²) in [6, 6.07) is 0.894. The van der Waals surface area contributed by atoms with Crippen LogP contribution in [0.25, 0.3) is 0 Å². The van der Waals surface area contributed by atoms with Crippen molar-refractivity contribution in [1.29, 1.82) is 0 Å². The lowest BCUT2D eigenvalue weighted by molar-refractivity contribution is 0.101. The number of piperidine rings is 2. The Hall–Kier alpha value is -0.0800.